The van der Waals surface area contributed by atoms with Gasteiger partial charge in [0, 0.05) is 32.7 Å². The van der Waals surface area contributed by atoms with Crippen LogP contribution in [0.25, 0.3) is 5.65 Å². The SMILES string of the molecule is O=C(C1CCNN1)N1CCCN(c2ccc3nnc(C(F)(F)F)n3n2)CC1. The van der Waals surface area contributed by atoms with Gasteiger partial charge in [-0.05, 0) is 25.0 Å². The monoisotopic (exact) mass is 384 g/mol. The molecule has 27 heavy (non-hydrogen) atoms. The molecule has 146 valence electrons. The van der Waals surface area contributed by atoms with Crippen LogP contribution in [-0.4, -0.2) is 69.4 Å². The van der Waals surface area contributed by atoms with Gasteiger partial charge in [-0.2, -0.15) is 17.7 Å². The van der Waals surface area contributed by atoms with E-state index in [1.165, 1.54) is 6.07 Å². The quantitative estimate of drug-likeness (QED) is 0.756. The van der Waals surface area contributed by atoms with Crippen LogP contribution in [0.3, 0.4) is 0 Å². The third-order valence-corrected chi connectivity index (χ3v) is 4.77. The zero-order valence-electron chi connectivity index (χ0n) is 14.4. The van der Waals surface area contributed by atoms with Crippen LogP contribution in [0.2, 0.25) is 0 Å². The number of rotatable bonds is 2. The molecule has 1 amide bonds. The Morgan fingerprint density at radius 2 is 2.00 bits per heavy atom. The number of aromatic nitrogens is 4. The van der Waals surface area contributed by atoms with E-state index in [1.54, 1.807) is 11.0 Å². The number of anilines is 1. The molecule has 0 aromatic carbocycles. The van der Waals surface area contributed by atoms with Crippen molar-refractivity contribution in [2.45, 2.75) is 25.1 Å². The summed E-state index contributed by atoms with van der Waals surface area (Å²) >= 11 is 0. The molecule has 2 N–H and O–H groups in total. The fraction of sp³-hybridized carbons (Fsp3) is 0.600. The minimum absolute atomic E-state index is 0.0394. The number of carbonyl (C=O) groups excluding carboxylic acids is 1. The average Bonchev–Trinajstić information content (AvgIpc) is 3.25. The second-order valence-corrected chi connectivity index (χ2v) is 6.56. The van der Waals surface area contributed by atoms with Crippen LogP contribution in [0.5, 0.6) is 0 Å². The van der Waals surface area contributed by atoms with Crippen molar-refractivity contribution in [3.8, 4) is 0 Å². The van der Waals surface area contributed by atoms with Crippen molar-refractivity contribution in [2.75, 3.05) is 37.6 Å². The van der Waals surface area contributed by atoms with E-state index in [-0.39, 0.29) is 17.6 Å². The van der Waals surface area contributed by atoms with Gasteiger partial charge < -0.3 is 9.80 Å². The molecular formula is C15H19F3N8O. The maximum Gasteiger partial charge on any atom is 0.453 e. The number of nitrogens with zero attached hydrogens (tertiary/aromatic N) is 6. The number of hydrazine groups is 1. The minimum Gasteiger partial charge on any atom is -0.353 e. The molecule has 9 nitrogen and oxygen atoms in total. The Morgan fingerprint density at radius 3 is 2.74 bits per heavy atom. The van der Waals surface area contributed by atoms with Crippen molar-refractivity contribution >= 4 is 17.4 Å². The molecular weight excluding hydrogens is 365 g/mol. The topological polar surface area (TPSA) is 90.7 Å². The number of amides is 1. The maximum absolute atomic E-state index is 13.0. The highest BCUT2D eigenvalue weighted by Gasteiger charge is 2.38. The van der Waals surface area contributed by atoms with Gasteiger partial charge in [-0.25, -0.2) is 5.43 Å². The van der Waals surface area contributed by atoms with E-state index >= 15 is 0 Å². The highest BCUT2D eigenvalue weighted by Crippen LogP contribution is 2.28. The number of hydrogen-bond acceptors (Lipinski definition) is 7. The van der Waals surface area contributed by atoms with Gasteiger partial charge in [0.05, 0.1) is 0 Å². The largest absolute Gasteiger partial charge is 0.453 e. The lowest BCUT2D eigenvalue weighted by Crippen LogP contribution is -2.46. The Kier molecular flexibility index (Phi) is 4.60. The normalized spacial score (nSPS) is 21.7. The molecule has 0 bridgehead atoms. The third kappa shape index (κ3) is 3.54. The van der Waals surface area contributed by atoms with Crippen LogP contribution in [0.15, 0.2) is 12.1 Å². The van der Waals surface area contributed by atoms with E-state index in [4.69, 9.17) is 0 Å². The van der Waals surface area contributed by atoms with Crippen molar-refractivity contribution in [2.24, 2.45) is 0 Å². The van der Waals surface area contributed by atoms with Gasteiger partial charge in [0.1, 0.15) is 11.9 Å². The van der Waals surface area contributed by atoms with Crippen molar-refractivity contribution in [3.05, 3.63) is 18.0 Å². The molecule has 2 aromatic rings. The number of halogens is 3. The van der Waals surface area contributed by atoms with E-state index in [0.717, 1.165) is 17.5 Å². The van der Waals surface area contributed by atoms with Gasteiger partial charge in [0.2, 0.25) is 5.91 Å². The summed E-state index contributed by atoms with van der Waals surface area (Å²) in [5.74, 6) is -0.697. The fourth-order valence-electron chi connectivity index (χ4n) is 3.38. The van der Waals surface area contributed by atoms with Crippen LogP contribution >= 0.6 is 0 Å². The van der Waals surface area contributed by atoms with Crippen molar-refractivity contribution in [3.63, 3.8) is 0 Å². The van der Waals surface area contributed by atoms with Gasteiger partial charge in [-0.3, -0.25) is 10.2 Å². The number of hydrogen-bond donors (Lipinski definition) is 2. The highest BCUT2D eigenvalue weighted by atomic mass is 19.4. The summed E-state index contributed by atoms with van der Waals surface area (Å²) in [6.45, 7) is 2.94. The summed E-state index contributed by atoms with van der Waals surface area (Å²) in [5.41, 5.74) is 5.95. The minimum atomic E-state index is -4.63. The van der Waals surface area contributed by atoms with Crippen molar-refractivity contribution in [1.82, 2.24) is 35.6 Å². The van der Waals surface area contributed by atoms with Crippen LogP contribution in [0.4, 0.5) is 19.0 Å². The van der Waals surface area contributed by atoms with Crippen LogP contribution in [0, 0.1) is 0 Å². The summed E-state index contributed by atoms with van der Waals surface area (Å²) < 4.78 is 39.9. The van der Waals surface area contributed by atoms with E-state index in [9.17, 15) is 18.0 Å². The summed E-state index contributed by atoms with van der Waals surface area (Å²) in [4.78, 5) is 16.2. The third-order valence-electron chi connectivity index (χ3n) is 4.77. The van der Waals surface area contributed by atoms with Crippen molar-refractivity contribution in [1.29, 1.82) is 0 Å². The molecule has 1 unspecified atom stereocenters. The van der Waals surface area contributed by atoms with Gasteiger partial charge in [-0.15, -0.1) is 15.3 Å². The first-order chi connectivity index (χ1) is 12.9. The Hall–Kier alpha value is -2.47. The van der Waals surface area contributed by atoms with Crippen molar-refractivity contribution < 1.29 is 18.0 Å². The first-order valence-corrected chi connectivity index (χ1v) is 8.75. The van der Waals surface area contributed by atoms with E-state index in [0.29, 0.717) is 38.4 Å². The standard InChI is InChI=1S/C15H19F3N8O/c16-15(17,18)14-22-21-11-2-3-12(23-26(11)14)24-6-1-7-25(9-8-24)13(27)10-4-5-19-20-10/h2-3,10,19-20H,1,4-9H2. The Morgan fingerprint density at radius 1 is 1.15 bits per heavy atom. The Bertz CT molecular complexity index is 832. The number of nitrogens with one attached hydrogen (secondary N) is 2. The second kappa shape index (κ2) is 6.93. The van der Waals surface area contributed by atoms with E-state index in [2.05, 4.69) is 26.1 Å². The van der Waals surface area contributed by atoms with Gasteiger partial charge in [-0.1, -0.05) is 0 Å². The lowest BCUT2D eigenvalue weighted by molar-refractivity contribution is -0.146. The molecule has 4 heterocycles. The van der Waals surface area contributed by atoms with Crippen LogP contribution in [-0.2, 0) is 11.0 Å². The second-order valence-electron chi connectivity index (χ2n) is 6.56. The predicted molar refractivity (Wildman–Crippen MR) is 88.7 cm³/mol. The summed E-state index contributed by atoms with van der Waals surface area (Å²) in [6, 6.07) is 2.87. The average molecular weight is 384 g/mol. The van der Waals surface area contributed by atoms with Crippen LogP contribution in [0.1, 0.15) is 18.7 Å². The molecule has 2 fully saturated rings. The Labute approximate surface area is 152 Å². The molecule has 0 radical (unpaired) electrons. The molecule has 0 aliphatic carbocycles. The molecule has 1 atom stereocenters. The van der Waals surface area contributed by atoms with E-state index < -0.39 is 12.0 Å². The maximum atomic E-state index is 13.0. The molecule has 0 spiro atoms. The number of fused-ring (bicyclic) bond motifs is 1. The van der Waals surface area contributed by atoms with E-state index in [1.807, 2.05) is 4.90 Å². The first-order valence-electron chi connectivity index (χ1n) is 8.75. The predicted octanol–water partition coefficient (Wildman–Crippen LogP) is 0.0483. The smallest absolute Gasteiger partial charge is 0.353 e. The Balaban J connectivity index is 1.51. The summed E-state index contributed by atoms with van der Waals surface area (Å²) in [7, 11) is 0. The lowest BCUT2D eigenvalue weighted by Gasteiger charge is -2.24. The molecule has 2 aromatic heterocycles. The van der Waals surface area contributed by atoms with Gasteiger partial charge in [0.25, 0.3) is 5.82 Å². The zero-order valence-corrected chi connectivity index (χ0v) is 14.4. The first kappa shape index (κ1) is 17.9. The molecule has 4 rings (SSSR count). The molecule has 0 saturated carbocycles. The molecule has 12 heteroatoms. The molecule has 2 aliphatic rings. The highest BCUT2D eigenvalue weighted by molar-refractivity contribution is 5.82. The number of carbonyl (C=O) groups is 1. The molecule has 2 saturated heterocycles. The van der Waals surface area contributed by atoms with Gasteiger partial charge in [0.15, 0.2) is 5.65 Å². The number of alkyl halides is 3. The zero-order chi connectivity index (χ0) is 19.0. The summed E-state index contributed by atoms with van der Waals surface area (Å²) in [5, 5.41) is 10.8. The summed E-state index contributed by atoms with van der Waals surface area (Å²) in [6.07, 6.45) is -3.18. The van der Waals surface area contributed by atoms with Gasteiger partial charge >= 0.3 is 6.18 Å². The lowest BCUT2D eigenvalue weighted by atomic mass is 10.2. The molecule has 2 aliphatic heterocycles. The van der Waals surface area contributed by atoms with Crippen LogP contribution < -0.4 is 15.8 Å². The fourth-order valence-corrected chi connectivity index (χ4v) is 3.38.